The average Bonchev–Trinajstić information content (AvgIpc) is 2.19. The van der Waals surface area contributed by atoms with Crippen molar-refractivity contribution in [1.29, 1.82) is 0 Å². The SMILES string of the molecule is COC(=O)c1cc(F)c(CBr)cc1Cl. The summed E-state index contributed by atoms with van der Waals surface area (Å²) in [5.41, 5.74) is 0.444. The van der Waals surface area contributed by atoms with Gasteiger partial charge in [-0.15, -0.1) is 0 Å². The Kier molecular flexibility index (Phi) is 3.89. The van der Waals surface area contributed by atoms with Gasteiger partial charge < -0.3 is 4.74 Å². The zero-order valence-electron chi connectivity index (χ0n) is 7.31. The molecular formula is C9H7BrClFO2. The van der Waals surface area contributed by atoms with Gasteiger partial charge in [0.15, 0.2) is 0 Å². The largest absolute Gasteiger partial charge is 0.465 e. The third kappa shape index (κ3) is 2.25. The maximum absolute atomic E-state index is 13.2. The van der Waals surface area contributed by atoms with E-state index in [-0.39, 0.29) is 10.6 Å². The molecule has 0 radical (unpaired) electrons. The summed E-state index contributed by atoms with van der Waals surface area (Å²) in [7, 11) is 1.22. The number of benzene rings is 1. The molecular weight excluding hydrogens is 274 g/mol. The number of hydrogen-bond donors (Lipinski definition) is 0. The molecule has 0 amide bonds. The van der Waals surface area contributed by atoms with Crippen LogP contribution >= 0.6 is 27.5 Å². The summed E-state index contributed by atoms with van der Waals surface area (Å²) in [6.45, 7) is 0. The lowest BCUT2D eigenvalue weighted by molar-refractivity contribution is 0.0600. The molecule has 0 N–H and O–H groups in total. The van der Waals surface area contributed by atoms with E-state index < -0.39 is 11.8 Å². The zero-order valence-corrected chi connectivity index (χ0v) is 9.65. The summed E-state index contributed by atoms with van der Waals surface area (Å²) in [6, 6.07) is 2.47. The van der Waals surface area contributed by atoms with Crippen LogP contribution in [0.15, 0.2) is 12.1 Å². The molecule has 0 atom stereocenters. The van der Waals surface area contributed by atoms with Gasteiger partial charge in [-0.25, -0.2) is 9.18 Å². The molecule has 0 heterocycles. The van der Waals surface area contributed by atoms with Gasteiger partial charge in [-0.3, -0.25) is 0 Å². The van der Waals surface area contributed by atoms with Gasteiger partial charge in [-0.05, 0) is 17.7 Å². The Bertz CT molecular complexity index is 368. The van der Waals surface area contributed by atoms with Gasteiger partial charge in [0.2, 0.25) is 0 Å². The summed E-state index contributed by atoms with van der Waals surface area (Å²) in [5, 5.41) is 0.535. The fourth-order valence-corrected chi connectivity index (χ4v) is 1.65. The molecule has 14 heavy (non-hydrogen) atoms. The van der Waals surface area contributed by atoms with Crippen molar-refractivity contribution in [2.75, 3.05) is 7.11 Å². The molecule has 0 aromatic heterocycles. The summed E-state index contributed by atoms with van der Waals surface area (Å²) >= 11 is 8.87. The Morgan fingerprint density at radius 2 is 2.29 bits per heavy atom. The van der Waals surface area contributed by atoms with E-state index in [2.05, 4.69) is 20.7 Å². The van der Waals surface area contributed by atoms with E-state index in [4.69, 9.17) is 11.6 Å². The minimum Gasteiger partial charge on any atom is -0.465 e. The van der Waals surface area contributed by atoms with E-state index in [0.29, 0.717) is 10.9 Å². The van der Waals surface area contributed by atoms with Crippen LogP contribution in [0.1, 0.15) is 15.9 Å². The van der Waals surface area contributed by atoms with Crippen LogP contribution in [0.3, 0.4) is 0 Å². The van der Waals surface area contributed by atoms with Gasteiger partial charge in [0.05, 0.1) is 17.7 Å². The molecule has 0 fully saturated rings. The number of esters is 1. The normalized spacial score (nSPS) is 10.0. The van der Waals surface area contributed by atoms with Gasteiger partial charge >= 0.3 is 5.97 Å². The molecule has 0 saturated carbocycles. The number of ether oxygens (including phenoxy) is 1. The summed E-state index contributed by atoms with van der Waals surface area (Å²) in [5.74, 6) is -1.12. The fourth-order valence-electron chi connectivity index (χ4n) is 0.957. The number of methoxy groups -OCH3 is 1. The number of alkyl halides is 1. The summed E-state index contributed by atoms with van der Waals surface area (Å²) < 4.78 is 17.7. The van der Waals surface area contributed by atoms with Gasteiger partial charge in [0.1, 0.15) is 5.82 Å². The molecule has 0 aliphatic heterocycles. The molecule has 0 bridgehead atoms. The van der Waals surface area contributed by atoms with Crippen molar-refractivity contribution < 1.29 is 13.9 Å². The van der Waals surface area contributed by atoms with Crippen molar-refractivity contribution in [1.82, 2.24) is 0 Å². The van der Waals surface area contributed by atoms with Crippen molar-refractivity contribution in [2.24, 2.45) is 0 Å². The average molecular weight is 282 g/mol. The Morgan fingerprint density at radius 3 is 2.79 bits per heavy atom. The molecule has 1 rings (SSSR count). The molecule has 1 aromatic rings. The number of carbonyl (C=O) groups is 1. The fraction of sp³-hybridized carbons (Fsp3) is 0.222. The molecule has 5 heteroatoms. The van der Waals surface area contributed by atoms with E-state index in [1.807, 2.05) is 0 Å². The highest BCUT2D eigenvalue weighted by molar-refractivity contribution is 9.08. The Hall–Kier alpha value is -0.610. The van der Waals surface area contributed by atoms with Crippen molar-refractivity contribution in [3.63, 3.8) is 0 Å². The van der Waals surface area contributed by atoms with Crippen molar-refractivity contribution in [3.8, 4) is 0 Å². The Balaban J connectivity index is 3.21. The van der Waals surface area contributed by atoms with Gasteiger partial charge in [0.25, 0.3) is 0 Å². The first kappa shape index (κ1) is 11.5. The first-order chi connectivity index (χ1) is 6.60. The second-order valence-corrected chi connectivity index (χ2v) is 3.52. The summed E-state index contributed by atoms with van der Waals surface area (Å²) in [6.07, 6.45) is 0. The van der Waals surface area contributed by atoms with E-state index in [1.54, 1.807) is 0 Å². The lowest BCUT2D eigenvalue weighted by atomic mass is 10.1. The first-order valence-corrected chi connectivity index (χ1v) is 5.22. The number of rotatable bonds is 2. The highest BCUT2D eigenvalue weighted by atomic mass is 79.9. The molecule has 0 unspecified atom stereocenters. The monoisotopic (exact) mass is 280 g/mol. The predicted octanol–water partition coefficient (Wildman–Crippen LogP) is 3.16. The van der Waals surface area contributed by atoms with Gasteiger partial charge in [0, 0.05) is 5.33 Å². The van der Waals surface area contributed by atoms with Crippen LogP contribution in [0.25, 0.3) is 0 Å². The van der Waals surface area contributed by atoms with Crippen molar-refractivity contribution in [2.45, 2.75) is 5.33 Å². The molecule has 0 spiro atoms. The molecule has 1 aromatic carbocycles. The summed E-state index contributed by atoms with van der Waals surface area (Å²) in [4.78, 5) is 11.1. The number of carbonyl (C=O) groups excluding carboxylic acids is 1. The van der Waals surface area contributed by atoms with Crippen LogP contribution < -0.4 is 0 Å². The van der Waals surface area contributed by atoms with Crippen LogP contribution in [0.4, 0.5) is 4.39 Å². The van der Waals surface area contributed by atoms with E-state index in [9.17, 15) is 9.18 Å². The second kappa shape index (κ2) is 4.75. The van der Waals surface area contributed by atoms with Crippen LogP contribution in [-0.2, 0) is 10.1 Å². The van der Waals surface area contributed by atoms with Crippen molar-refractivity contribution in [3.05, 3.63) is 34.1 Å². The Labute approximate surface area is 94.1 Å². The van der Waals surface area contributed by atoms with E-state index >= 15 is 0 Å². The quantitative estimate of drug-likeness (QED) is 0.615. The van der Waals surface area contributed by atoms with Crippen LogP contribution in [-0.4, -0.2) is 13.1 Å². The lowest BCUT2D eigenvalue weighted by Gasteiger charge is -2.05. The predicted molar refractivity (Wildman–Crippen MR) is 55.4 cm³/mol. The second-order valence-electron chi connectivity index (χ2n) is 2.55. The smallest absolute Gasteiger partial charge is 0.339 e. The maximum Gasteiger partial charge on any atom is 0.339 e. The van der Waals surface area contributed by atoms with Crippen LogP contribution in [0.5, 0.6) is 0 Å². The maximum atomic E-state index is 13.2. The van der Waals surface area contributed by atoms with E-state index in [0.717, 1.165) is 6.07 Å². The molecule has 2 nitrogen and oxygen atoms in total. The zero-order chi connectivity index (χ0) is 10.7. The number of halogens is 3. The molecule has 0 saturated heterocycles. The highest BCUT2D eigenvalue weighted by Gasteiger charge is 2.14. The Morgan fingerprint density at radius 1 is 1.64 bits per heavy atom. The van der Waals surface area contributed by atoms with Gasteiger partial charge in [-0.1, -0.05) is 27.5 Å². The standard InChI is InChI=1S/C9H7BrClFO2/c1-14-9(13)6-3-8(12)5(4-10)2-7(6)11/h2-3H,4H2,1H3. The molecule has 0 aliphatic carbocycles. The number of hydrogen-bond acceptors (Lipinski definition) is 2. The first-order valence-electron chi connectivity index (χ1n) is 3.72. The molecule has 76 valence electrons. The van der Waals surface area contributed by atoms with Crippen molar-refractivity contribution >= 4 is 33.5 Å². The third-order valence-electron chi connectivity index (χ3n) is 1.69. The minimum absolute atomic E-state index is 0.0383. The third-order valence-corrected chi connectivity index (χ3v) is 2.60. The minimum atomic E-state index is -0.643. The van der Waals surface area contributed by atoms with Crippen LogP contribution in [0, 0.1) is 5.82 Å². The van der Waals surface area contributed by atoms with Gasteiger partial charge in [-0.2, -0.15) is 0 Å². The molecule has 0 aliphatic rings. The van der Waals surface area contributed by atoms with E-state index in [1.165, 1.54) is 13.2 Å². The topological polar surface area (TPSA) is 26.3 Å². The lowest BCUT2D eigenvalue weighted by Crippen LogP contribution is -2.03. The van der Waals surface area contributed by atoms with Crippen LogP contribution in [0.2, 0.25) is 5.02 Å². The highest BCUT2D eigenvalue weighted by Crippen LogP contribution is 2.23.